The van der Waals surface area contributed by atoms with E-state index in [0.717, 1.165) is 11.3 Å². The lowest BCUT2D eigenvalue weighted by molar-refractivity contribution is -0.385. The van der Waals surface area contributed by atoms with Crippen LogP contribution in [0.5, 0.6) is 5.75 Å². The maximum Gasteiger partial charge on any atom is 0.310 e. The smallest absolute Gasteiger partial charge is 0.310 e. The van der Waals surface area contributed by atoms with Gasteiger partial charge in [-0.3, -0.25) is 15.1 Å². The van der Waals surface area contributed by atoms with Gasteiger partial charge in [0, 0.05) is 11.6 Å². The van der Waals surface area contributed by atoms with Crippen molar-refractivity contribution < 1.29 is 9.66 Å². The Bertz CT molecular complexity index is 492. The van der Waals surface area contributed by atoms with Crippen LogP contribution in [-0.4, -0.2) is 24.3 Å². The molecule has 0 radical (unpaired) electrons. The van der Waals surface area contributed by atoms with E-state index in [2.05, 4.69) is 4.99 Å². The normalized spacial score (nSPS) is 13.7. The maximum atomic E-state index is 10.7. The number of methoxy groups -OCH3 is 1. The zero-order valence-corrected chi connectivity index (χ0v) is 8.71. The molecule has 1 aromatic rings. The van der Waals surface area contributed by atoms with Crippen molar-refractivity contribution in [2.45, 2.75) is 0 Å². The molecule has 82 valence electrons. The first-order valence-corrected chi connectivity index (χ1v) is 4.76. The van der Waals surface area contributed by atoms with E-state index >= 15 is 0 Å². The van der Waals surface area contributed by atoms with Crippen LogP contribution in [0.3, 0.4) is 0 Å². The first-order valence-electron chi connectivity index (χ1n) is 4.76. The van der Waals surface area contributed by atoms with Crippen molar-refractivity contribution in [3.63, 3.8) is 0 Å². The van der Waals surface area contributed by atoms with Crippen LogP contribution in [0.1, 0.15) is 5.56 Å². The SMILES string of the molecule is COc1cc(C2=NCC=C2)ccc1[N+](=O)[O-]. The molecule has 0 aromatic heterocycles. The van der Waals surface area contributed by atoms with Crippen molar-refractivity contribution in [1.29, 1.82) is 0 Å². The van der Waals surface area contributed by atoms with Crippen molar-refractivity contribution in [3.05, 3.63) is 46.0 Å². The number of ether oxygens (including phenoxy) is 1. The summed E-state index contributed by atoms with van der Waals surface area (Å²) in [7, 11) is 1.42. The van der Waals surface area contributed by atoms with Gasteiger partial charge in [0.15, 0.2) is 5.75 Å². The third kappa shape index (κ3) is 1.79. The molecule has 0 unspecified atom stereocenters. The predicted molar refractivity (Wildman–Crippen MR) is 60.2 cm³/mol. The standard InChI is InChI=1S/C11H10N2O3/c1-16-11-7-8(9-3-2-6-12-9)4-5-10(11)13(14)15/h2-5,7H,6H2,1H3. The molecule has 0 saturated heterocycles. The molecule has 0 bridgehead atoms. The minimum absolute atomic E-state index is 0.0335. The Hall–Kier alpha value is -2.17. The molecule has 1 aromatic carbocycles. The second-order valence-electron chi connectivity index (χ2n) is 3.27. The highest BCUT2D eigenvalue weighted by molar-refractivity contribution is 6.10. The third-order valence-electron chi connectivity index (χ3n) is 2.31. The molecule has 0 amide bonds. The molecule has 1 aliphatic rings. The molecular weight excluding hydrogens is 208 g/mol. The van der Waals surface area contributed by atoms with Crippen molar-refractivity contribution in [2.24, 2.45) is 4.99 Å². The first kappa shape index (κ1) is 10.4. The lowest BCUT2D eigenvalue weighted by Crippen LogP contribution is -1.98. The second-order valence-corrected chi connectivity index (χ2v) is 3.27. The average Bonchev–Trinajstić information content (AvgIpc) is 2.81. The quantitative estimate of drug-likeness (QED) is 0.575. The van der Waals surface area contributed by atoms with Crippen LogP contribution in [0.25, 0.3) is 0 Å². The van der Waals surface area contributed by atoms with Gasteiger partial charge in [0.25, 0.3) is 0 Å². The lowest BCUT2D eigenvalue weighted by atomic mass is 10.1. The minimum Gasteiger partial charge on any atom is -0.490 e. The summed E-state index contributed by atoms with van der Waals surface area (Å²) in [5, 5.41) is 10.7. The highest BCUT2D eigenvalue weighted by Crippen LogP contribution is 2.28. The number of aliphatic imine (C=N–C) groups is 1. The molecule has 1 heterocycles. The molecule has 0 atom stereocenters. The van der Waals surface area contributed by atoms with Gasteiger partial charge in [-0.2, -0.15) is 0 Å². The Balaban J connectivity index is 2.44. The highest BCUT2D eigenvalue weighted by Gasteiger charge is 2.16. The lowest BCUT2D eigenvalue weighted by Gasteiger charge is -2.04. The number of nitro groups is 1. The Morgan fingerprint density at radius 1 is 1.50 bits per heavy atom. The largest absolute Gasteiger partial charge is 0.490 e. The van der Waals surface area contributed by atoms with Crippen molar-refractivity contribution in [2.75, 3.05) is 13.7 Å². The average molecular weight is 218 g/mol. The van der Waals surface area contributed by atoms with Crippen LogP contribution < -0.4 is 4.74 Å². The van der Waals surface area contributed by atoms with Crippen LogP contribution in [-0.2, 0) is 0 Å². The fourth-order valence-corrected chi connectivity index (χ4v) is 1.54. The molecule has 0 saturated carbocycles. The molecule has 5 nitrogen and oxygen atoms in total. The van der Waals surface area contributed by atoms with Crippen LogP contribution in [0.4, 0.5) is 5.69 Å². The number of nitrogens with zero attached hydrogens (tertiary/aromatic N) is 2. The molecule has 2 rings (SSSR count). The van der Waals surface area contributed by atoms with Gasteiger partial charge in [0.2, 0.25) is 0 Å². The van der Waals surface area contributed by atoms with Crippen LogP contribution in [0, 0.1) is 10.1 Å². The van der Waals surface area contributed by atoms with Gasteiger partial charge in [-0.1, -0.05) is 6.08 Å². The number of hydrogen-bond donors (Lipinski definition) is 0. The first-order chi connectivity index (χ1) is 7.72. The number of nitro benzene ring substituents is 1. The highest BCUT2D eigenvalue weighted by atomic mass is 16.6. The zero-order valence-electron chi connectivity index (χ0n) is 8.71. The van der Waals surface area contributed by atoms with E-state index in [4.69, 9.17) is 4.74 Å². The van der Waals surface area contributed by atoms with Gasteiger partial charge < -0.3 is 4.74 Å². The molecule has 0 spiro atoms. The van der Waals surface area contributed by atoms with Gasteiger partial charge in [-0.25, -0.2) is 0 Å². The van der Waals surface area contributed by atoms with Crippen molar-refractivity contribution in [1.82, 2.24) is 0 Å². The van der Waals surface area contributed by atoms with Gasteiger partial charge in [-0.15, -0.1) is 0 Å². The van der Waals surface area contributed by atoms with Crippen molar-refractivity contribution >= 4 is 11.4 Å². The van der Waals surface area contributed by atoms with Gasteiger partial charge in [0.1, 0.15) is 0 Å². The molecule has 1 aliphatic heterocycles. The van der Waals surface area contributed by atoms with E-state index in [0.29, 0.717) is 6.54 Å². The molecular formula is C11H10N2O3. The van der Waals surface area contributed by atoms with E-state index in [1.807, 2.05) is 12.2 Å². The van der Waals surface area contributed by atoms with Crippen LogP contribution >= 0.6 is 0 Å². The van der Waals surface area contributed by atoms with E-state index in [-0.39, 0.29) is 11.4 Å². The van der Waals surface area contributed by atoms with E-state index < -0.39 is 4.92 Å². The summed E-state index contributed by atoms with van der Waals surface area (Å²) in [6.45, 7) is 0.661. The van der Waals surface area contributed by atoms with E-state index in [1.54, 1.807) is 12.1 Å². The summed E-state index contributed by atoms with van der Waals surface area (Å²) in [5.74, 6) is 0.255. The maximum absolute atomic E-state index is 10.7. The summed E-state index contributed by atoms with van der Waals surface area (Å²) in [4.78, 5) is 14.5. The summed E-state index contributed by atoms with van der Waals surface area (Å²) >= 11 is 0. The Morgan fingerprint density at radius 2 is 2.31 bits per heavy atom. The molecule has 16 heavy (non-hydrogen) atoms. The number of rotatable bonds is 3. The zero-order chi connectivity index (χ0) is 11.5. The van der Waals surface area contributed by atoms with Crippen molar-refractivity contribution in [3.8, 4) is 5.75 Å². The van der Waals surface area contributed by atoms with Gasteiger partial charge in [-0.05, 0) is 18.2 Å². The van der Waals surface area contributed by atoms with E-state index in [1.165, 1.54) is 13.2 Å². The Kier molecular flexibility index (Phi) is 2.68. The Labute approximate surface area is 92.2 Å². The fraction of sp³-hybridized carbons (Fsp3) is 0.182. The minimum atomic E-state index is -0.463. The van der Waals surface area contributed by atoms with Crippen LogP contribution in [0.2, 0.25) is 0 Å². The number of benzene rings is 1. The molecule has 0 aliphatic carbocycles. The van der Waals surface area contributed by atoms with Gasteiger partial charge in [0.05, 0.1) is 24.3 Å². The Morgan fingerprint density at radius 3 is 2.88 bits per heavy atom. The summed E-state index contributed by atoms with van der Waals surface area (Å²) in [5.41, 5.74) is 1.62. The third-order valence-corrected chi connectivity index (χ3v) is 2.31. The summed E-state index contributed by atoms with van der Waals surface area (Å²) < 4.78 is 4.99. The molecule has 0 fully saturated rings. The molecule has 5 heteroatoms. The fourth-order valence-electron chi connectivity index (χ4n) is 1.54. The monoisotopic (exact) mass is 218 g/mol. The number of allylic oxidation sites excluding steroid dienone is 1. The van der Waals surface area contributed by atoms with Gasteiger partial charge >= 0.3 is 5.69 Å². The molecule has 0 N–H and O–H groups in total. The van der Waals surface area contributed by atoms with Crippen LogP contribution in [0.15, 0.2) is 35.3 Å². The second kappa shape index (κ2) is 4.14. The van der Waals surface area contributed by atoms with E-state index in [9.17, 15) is 10.1 Å². The summed E-state index contributed by atoms with van der Waals surface area (Å²) in [6.07, 6.45) is 3.82. The summed E-state index contributed by atoms with van der Waals surface area (Å²) in [6, 6.07) is 4.74. The topological polar surface area (TPSA) is 64.7 Å². The predicted octanol–water partition coefficient (Wildman–Crippen LogP) is 1.96. The number of hydrogen-bond acceptors (Lipinski definition) is 4.